The van der Waals surface area contributed by atoms with Gasteiger partial charge in [0.25, 0.3) is 5.56 Å². The second-order valence-electron chi connectivity index (χ2n) is 11.3. The molecule has 2 aliphatic heterocycles. The van der Waals surface area contributed by atoms with Gasteiger partial charge in [0.05, 0.1) is 19.0 Å². The van der Waals surface area contributed by atoms with E-state index in [9.17, 15) is 14.7 Å². The summed E-state index contributed by atoms with van der Waals surface area (Å²) in [7, 11) is 0. The number of para-hydroxylation sites is 2. The Morgan fingerprint density at radius 3 is 2.41 bits per heavy atom. The van der Waals surface area contributed by atoms with Crippen molar-refractivity contribution in [2.75, 3.05) is 11.9 Å². The van der Waals surface area contributed by atoms with Gasteiger partial charge < -0.3 is 19.3 Å². The topological polar surface area (TPSA) is 141 Å². The third kappa shape index (κ3) is 4.66. The number of aliphatic hydroxyl groups excluding tert-OH is 1. The average molecular weight is 594 g/mol. The summed E-state index contributed by atoms with van der Waals surface area (Å²) in [5.74, 6) is 0.795. The molecular formula is C33H31N5O6. The van der Waals surface area contributed by atoms with Gasteiger partial charge >= 0.3 is 0 Å². The van der Waals surface area contributed by atoms with E-state index in [-0.39, 0.29) is 42.0 Å². The quantitative estimate of drug-likeness (QED) is 0.251. The molecule has 0 unspecified atom stereocenters. The molecule has 2 aliphatic rings. The molecule has 3 atom stereocenters. The zero-order chi connectivity index (χ0) is 30.4. The number of aromatic nitrogens is 4. The zero-order valence-corrected chi connectivity index (χ0v) is 24.1. The number of nitrogens with zero attached hydrogens (tertiary/aromatic N) is 3. The van der Waals surface area contributed by atoms with E-state index in [0.29, 0.717) is 11.5 Å². The first-order valence-corrected chi connectivity index (χ1v) is 14.5. The summed E-state index contributed by atoms with van der Waals surface area (Å²) in [5.41, 5.74) is 1.40. The van der Waals surface area contributed by atoms with Gasteiger partial charge in [0.1, 0.15) is 23.8 Å². The lowest BCUT2D eigenvalue weighted by molar-refractivity contribution is -0.118. The maximum absolute atomic E-state index is 12.7. The fraction of sp³-hybridized carbons (Fsp3) is 0.273. The minimum absolute atomic E-state index is 0.0167. The van der Waals surface area contributed by atoms with Crippen molar-refractivity contribution >= 4 is 23.0 Å². The Balaban J connectivity index is 1.21. The maximum atomic E-state index is 12.7. The molecule has 4 heterocycles. The normalized spacial score (nSPS) is 20.2. The summed E-state index contributed by atoms with van der Waals surface area (Å²) in [5, 5.41) is 13.8. The van der Waals surface area contributed by atoms with Crippen LogP contribution >= 0.6 is 0 Å². The fourth-order valence-electron chi connectivity index (χ4n) is 5.88. The third-order valence-electron chi connectivity index (χ3n) is 8.11. The summed E-state index contributed by atoms with van der Waals surface area (Å²) < 4.78 is 21.1. The van der Waals surface area contributed by atoms with Crippen LogP contribution in [0, 0.1) is 5.92 Å². The van der Waals surface area contributed by atoms with Crippen LogP contribution < -0.4 is 15.6 Å². The molecule has 0 radical (unpaired) electrons. The molecule has 1 amide bonds. The Kier molecular flexibility index (Phi) is 7.00. The van der Waals surface area contributed by atoms with E-state index in [1.54, 1.807) is 18.4 Å². The second-order valence-corrected chi connectivity index (χ2v) is 11.3. The van der Waals surface area contributed by atoms with Gasteiger partial charge in [0, 0.05) is 23.5 Å². The van der Waals surface area contributed by atoms with Gasteiger partial charge in [-0.1, -0.05) is 80.6 Å². The van der Waals surface area contributed by atoms with Crippen molar-refractivity contribution in [1.29, 1.82) is 0 Å². The van der Waals surface area contributed by atoms with Crippen LogP contribution in [0.1, 0.15) is 43.2 Å². The Labute approximate surface area is 252 Å². The Hall–Kier alpha value is -4.84. The van der Waals surface area contributed by atoms with E-state index >= 15 is 0 Å². The molecule has 11 heteroatoms. The molecule has 3 aromatic carbocycles. The molecule has 2 aromatic heterocycles. The number of anilines is 1. The van der Waals surface area contributed by atoms with E-state index in [2.05, 4.69) is 20.3 Å². The lowest BCUT2D eigenvalue weighted by atomic mass is 9.77. The minimum atomic E-state index is -1.03. The van der Waals surface area contributed by atoms with Gasteiger partial charge in [0.15, 0.2) is 16.8 Å². The summed E-state index contributed by atoms with van der Waals surface area (Å²) in [6, 6.07) is 25.5. The highest BCUT2D eigenvalue weighted by molar-refractivity contribution is 5.91. The average Bonchev–Trinajstić information content (AvgIpc) is 3.63. The number of hydrogen-bond acceptors (Lipinski definition) is 8. The van der Waals surface area contributed by atoms with Crippen molar-refractivity contribution in [3.63, 3.8) is 0 Å². The number of imidazole rings is 1. The van der Waals surface area contributed by atoms with E-state index in [1.165, 1.54) is 6.33 Å². The van der Waals surface area contributed by atoms with E-state index < -0.39 is 29.6 Å². The largest absolute Gasteiger partial charge is 0.457 e. The van der Waals surface area contributed by atoms with Gasteiger partial charge in [-0.25, -0.2) is 4.98 Å². The summed E-state index contributed by atoms with van der Waals surface area (Å²) in [6.45, 7) is 3.53. The van der Waals surface area contributed by atoms with Gasteiger partial charge in [-0.2, -0.15) is 4.98 Å². The first kappa shape index (κ1) is 28.0. The van der Waals surface area contributed by atoms with E-state index in [0.717, 1.165) is 16.7 Å². The molecule has 224 valence electrons. The number of carbonyl (C=O) groups is 1. The predicted octanol–water partition coefficient (Wildman–Crippen LogP) is 4.48. The molecule has 3 N–H and O–H groups in total. The molecule has 11 nitrogen and oxygen atoms in total. The lowest BCUT2D eigenvalue weighted by Crippen LogP contribution is -2.39. The number of hydrogen-bond donors (Lipinski definition) is 3. The predicted molar refractivity (Wildman–Crippen MR) is 161 cm³/mol. The second kappa shape index (κ2) is 11.0. The molecule has 1 saturated heterocycles. The molecule has 0 aliphatic carbocycles. The first-order valence-electron chi connectivity index (χ1n) is 14.5. The minimum Gasteiger partial charge on any atom is -0.457 e. The standard InChI is InChI=1S/C33H31N5O6/c1-19(2)30(40)36-32-35-29-28(31(41)37-32)34-18-38(29)27-16-23(39)26(44-27)17-42-33(20-10-4-3-5-11-20)21-12-6-8-14-24(21)43-25-15-9-7-13-22(25)33/h3-15,18-19,23,26-27,39H,16-17H2,1-2H3,(H2,35,36,37,40,41)/t23-,26-,27-/m1/s1. The fourth-order valence-corrected chi connectivity index (χ4v) is 5.88. The monoisotopic (exact) mass is 593 g/mol. The molecule has 44 heavy (non-hydrogen) atoms. The number of nitrogens with one attached hydrogen (secondary N) is 2. The number of benzene rings is 3. The summed E-state index contributed by atoms with van der Waals surface area (Å²) >= 11 is 0. The van der Waals surface area contributed by atoms with Crippen molar-refractivity contribution in [3.8, 4) is 11.5 Å². The van der Waals surface area contributed by atoms with Crippen LogP contribution in [0.4, 0.5) is 5.95 Å². The summed E-state index contributed by atoms with van der Waals surface area (Å²) in [6.07, 6.45) is -0.581. The van der Waals surface area contributed by atoms with Gasteiger partial charge in [-0.3, -0.25) is 24.5 Å². The highest BCUT2D eigenvalue weighted by Gasteiger charge is 2.47. The number of aliphatic hydroxyl groups is 1. The van der Waals surface area contributed by atoms with Crippen molar-refractivity contribution < 1.29 is 24.1 Å². The van der Waals surface area contributed by atoms with Crippen LogP contribution in [0.15, 0.2) is 90.0 Å². The van der Waals surface area contributed by atoms with E-state index in [1.807, 2.05) is 78.9 Å². The molecule has 0 saturated carbocycles. The smallest absolute Gasteiger partial charge is 0.280 e. The third-order valence-corrected chi connectivity index (χ3v) is 8.11. The van der Waals surface area contributed by atoms with Crippen LogP contribution in [0.2, 0.25) is 0 Å². The van der Waals surface area contributed by atoms with E-state index in [4.69, 9.17) is 14.2 Å². The number of amides is 1. The number of fused-ring (bicyclic) bond motifs is 3. The molecule has 5 aromatic rings. The Morgan fingerprint density at radius 2 is 1.73 bits per heavy atom. The Morgan fingerprint density at radius 1 is 1.07 bits per heavy atom. The van der Waals surface area contributed by atoms with Crippen LogP contribution in [0.3, 0.4) is 0 Å². The summed E-state index contributed by atoms with van der Waals surface area (Å²) in [4.78, 5) is 36.2. The van der Waals surface area contributed by atoms with Crippen LogP contribution in [0.5, 0.6) is 11.5 Å². The molecular weight excluding hydrogens is 562 g/mol. The molecule has 0 spiro atoms. The van der Waals surface area contributed by atoms with Crippen LogP contribution in [-0.4, -0.2) is 49.3 Å². The number of rotatable bonds is 7. The molecule has 1 fully saturated rings. The number of carbonyl (C=O) groups excluding carboxylic acids is 1. The van der Waals surface area contributed by atoms with Crippen molar-refractivity contribution in [2.24, 2.45) is 5.92 Å². The zero-order valence-electron chi connectivity index (χ0n) is 24.1. The lowest BCUT2D eigenvalue weighted by Gasteiger charge is -2.41. The first-order chi connectivity index (χ1) is 21.3. The van der Waals surface area contributed by atoms with Crippen molar-refractivity contribution in [3.05, 3.63) is 112 Å². The van der Waals surface area contributed by atoms with Gasteiger partial charge in [-0.05, 0) is 17.7 Å². The highest BCUT2D eigenvalue weighted by atomic mass is 16.6. The number of aromatic amines is 1. The van der Waals surface area contributed by atoms with Gasteiger partial charge in [-0.15, -0.1) is 0 Å². The van der Waals surface area contributed by atoms with Crippen molar-refractivity contribution in [1.82, 2.24) is 19.5 Å². The van der Waals surface area contributed by atoms with Crippen molar-refractivity contribution in [2.45, 2.75) is 44.3 Å². The molecule has 7 rings (SSSR count). The molecule has 0 bridgehead atoms. The van der Waals surface area contributed by atoms with Gasteiger partial charge in [0.2, 0.25) is 11.9 Å². The van der Waals surface area contributed by atoms with Crippen LogP contribution in [0.25, 0.3) is 11.2 Å². The van der Waals surface area contributed by atoms with Crippen LogP contribution in [-0.2, 0) is 19.9 Å². The SMILES string of the molecule is CC(C)C(=O)Nc1nc2c(ncn2[C@H]2C[C@@H](O)[C@@H](COC3(c4ccccc4)c4ccccc4Oc4ccccc43)O2)c(=O)[nH]1. The highest BCUT2D eigenvalue weighted by Crippen LogP contribution is 2.52. The number of H-pyrrole nitrogens is 1. The Bertz CT molecular complexity index is 1860. The maximum Gasteiger partial charge on any atom is 0.280 e. The number of ether oxygens (including phenoxy) is 3.